The molecule has 0 heterocycles. The number of carbonyl (C=O) groups excluding carboxylic acids is 2. The van der Waals surface area contributed by atoms with Gasteiger partial charge in [-0.25, -0.2) is 0 Å². The Morgan fingerprint density at radius 1 is 0.805 bits per heavy atom. The van der Waals surface area contributed by atoms with Crippen molar-refractivity contribution in [1.82, 2.24) is 10.2 Å². The molecule has 0 aliphatic rings. The molecule has 3 aromatic rings. The minimum absolute atomic E-state index is 0.167. The first-order valence-corrected chi connectivity index (χ1v) is 14.6. The van der Waals surface area contributed by atoms with Crippen molar-refractivity contribution in [2.45, 2.75) is 58.4 Å². The predicted molar refractivity (Wildman–Crippen MR) is 163 cm³/mol. The van der Waals surface area contributed by atoms with E-state index in [1.807, 2.05) is 105 Å². The fraction of sp³-hybridized carbons (Fsp3) is 0.412. The van der Waals surface area contributed by atoms with Crippen molar-refractivity contribution in [2.75, 3.05) is 26.3 Å². The summed E-state index contributed by atoms with van der Waals surface area (Å²) in [5.41, 5.74) is 8.18. The van der Waals surface area contributed by atoms with E-state index in [9.17, 15) is 9.59 Å². The number of ether oxygens (including phenoxy) is 2. The van der Waals surface area contributed by atoms with Crippen LogP contribution >= 0.6 is 0 Å². The molecule has 1 atom stereocenters. The van der Waals surface area contributed by atoms with E-state index in [2.05, 4.69) is 19.2 Å². The van der Waals surface area contributed by atoms with Gasteiger partial charge >= 0.3 is 0 Å². The van der Waals surface area contributed by atoms with Crippen molar-refractivity contribution in [3.05, 3.63) is 108 Å². The lowest BCUT2D eigenvalue weighted by molar-refractivity contribution is -0.160. The number of hydrogen-bond acceptors (Lipinski definition) is 5. The zero-order chi connectivity index (χ0) is 29.7. The molecule has 3 rings (SSSR count). The zero-order valence-electron chi connectivity index (χ0n) is 24.8. The second-order valence-electron chi connectivity index (χ2n) is 10.5. The summed E-state index contributed by atoms with van der Waals surface area (Å²) in [5, 5.41) is 3.30. The van der Waals surface area contributed by atoms with Crippen LogP contribution in [0, 0.1) is 5.92 Å². The second kappa shape index (κ2) is 16.1. The molecule has 7 heteroatoms. The number of carbonyl (C=O) groups is 2. The van der Waals surface area contributed by atoms with Gasteiger partial charge in [0.2, 0.25) is 11.8 Å². The average Bonchev–Trinajstić information content (AvgIpc) is 2.99. The van der Waals surface area contributed by atoms with E-state index in [1.54, 1.807) is 4.90 Å². The number of hydrogen-bond donors (Lipinski definition) is 2. The van der Waals surface area contributed by atoms with Crippen molar-refractivity contribution in [3.63, 3.8) is 0 Å². The third-order valence-corrected chi connectivity index (χ3v) is 7.03. The Hall–Kier alpha value is -3.52. The monoisotopic (exact) mass is 559 g/mol. The fourth-order valence-electron chi connectivity index (χ4n) is 4.97. The zero-order valence-corrected chi connectivity index (χ0v) is 24.8. The summed E-state index contributed by atoms with van der Waals surface area (Å²) in [6.07, 6.45) is 0.0811. The Bertz CT molecular complexity index is 1090. The highest BCUT2D eigenvalue weighted by atomic mass is 16.7. The van der Waals surface area contributed by atoms with Crippen LogP contribution in [-0.4, -0.2) is 55.3 Å². The summed E-state index contributed by atoms with van der Waals surface area (Å²) >= 11 is 0. The van der Waals surface area contributed by atoms with Crippen molar-refractivity contribution in [1.29, 1.82) is 0 Å². The van der Waals surface area contributed by atoms with Crippen LogP contribution < -0.4 is 11.1 Å². The first-order valence-electron chi connectivity index (χ1n) is 14.6. The molecule has 0 aliphatic heterocycles. The van der Waals surface area contributed by atoms with E-state index in [-0.39, 0.29) is 24.8 Å². The number of nitrogens with two attached hydrogens (primary N) is 1. The van der Waals surface area contributed by atoms with Gasteiger partial charge in [0.25, 0.3) is 0 Å². The Morgan fingerprint density at radius 2 is 1.24 bits per heavy atom. The molecule has 0 saturated heterocycles. The molecule has 0 aliphatic carbocycles. The second-order valence-corrected chi connectivity index (χ2v) is 10.5. The van der Waals surface area contributed by atoms with Crippen molar-refractivity contribution >= 4 is 11.8 Å². The van der Waals surface area contributed by atoms with E-state index >= 15 is 0 Å². The summed E-state index contributed by atoms with van der Waals surface area (Å²) < 4.78 is 11.4. The van der Waals surface area contributed by atoms with Gasteiger partial charge in [0.05, 0.1) is 19.0 Å². The van der Waals surface area contributed by atoms with Gasteiger partial charge in [0.1, 0.15) is 5.54 Å². The highest BCUT2D eigenvalue weighted by Gasteiger charge is 2.38. The predicted octanol–water partition coefficient (Wildman–Crippen LogP) is 5.09. The van der Waals surface area contributed by atoms with Crippen LogP contribution in [0.1, 0.15) is 57.2 Å². The lowest BCUT2D eigenvalue weighted by Crippen LogP contribution is -2.52. The van der Waals surface area contributed by atoms with E-state index in [4.69, 9.17) is 15.2 Å². The minimum atomic E-state index is -1.02. The van der Waals surface area contributed by atoms with Crippen LogP contribution in [0.15, 0.2) is 91.0 Å². The van der Waals surface area contributed by atoms with E-state index in [1.165, 1.54) is 0 Å². The van der Waals surface area contributed by atoms with Crippen LogP contribution in [0.4, 0.5) is 0 Å². The topological polar surface area (TPSA) is 93.9 Å². The van der Waals surface area contributed by atoms with Crippen LogP contribution in [0.5, 0.6) is 0 Å². The van der Waals surface area contributed by atoms with Gasteiger partial charge in [0, 0.05) is 19.8 Å². The number of nitrogens with zero attached hydrogens (tertiary/aromatic N) is 1. The van der Waals surface area contributed by atoms with Crippen LogP contribution in [-0.2, 0) is 24.6 Å². The molecule has 2 amide bonds. The van der Waals surface area contributed by atoms with Gasteiger partial charge < -0.3 is 25.4 Å². The Balaban J connectivity index is 1.90. The Labute approximate surface area is 245 Å². The van der Waals surface area contributed by atoms with E-state index < -0.39 is 17.9 Å². The lowest BCUT2D eigenvalue weighted by Gasteiger charge is -2.37. The smallest absolute Gasteiger partial charge is 0.240 e. The molecular formula is C34H45N3O4. The largest absolute Gasteiger partial charge is 0.351 e. The van der Waals surface area contributed by atoms with Crippen LogP contribution in [0.3, 0.4) is 0 Å². The van der Waals surface area contributed by atoms with Gasteiger partial charge in [-0.1, -0.05) is 105 Å². The van der Waals surface area contributed by atoms with Gasteiger partial charge in [-0.2, -0.15) is 0 Å². The number of benzene rings is 3. The number of amides is 2. The molecule has 1 unspecified atom stereocenters. The summed E-state index contributed by atoms with van der Waals surface area (Å²) in [6, 6.07) is 28.6. The maximum atomic E-state index is 13.8. The molecule has 0 radical (unpaired) electrons. The summed E-state index contributed by atoms with van der Waals surface area (Å²) in [6.45, 7) is 9.68. The van der Waals surface area contributed by atoms with Gasteiger partial charge in [0.15, 0.2) is 6.29 Å². The first kappa shape index (κ1) is 32.0. The molecule has 3 aromatic carbocycles. The minimum Gasteiger partial charge on any atom is -0.351 e. The van der Waals surface area contributed by atoms with E-state index in [0.717, 1.165) is 23.1 Å². The molecule has 0 fully saturated rings. The van der Waals surface area contributed by atoms with Crippen molar-refractivity contribution < 1.29 is 19.1 Å². The lowest BCUT2D eigenvalue weighted by atomic mass is 9.77. The van der Waals surface area contributed by atoms with E-state index in [0.29, 0.717) is 25.7 Å². The van der Waals surface area contributed by atoms with Gasteiger partial charge in [-0.15, -0.1) is 0 Å². The molecular weight excluding hydrogens is 514 g/mol. The SMILES string of the molecule is CCOC(CN(CCC(C)C)C(=O)C(N)CC(=O)NC(c1ccccc1)(c1ccccc1)c1ccccc1)OCC. The first-order chi connectivity index (χ1) is 19.8. The summed E-state index contributed by atoms with van der Waals surface area (Å²) in [4.78, 5) is 29.1. The normalized spacial score (nSPS) is 12.4. The fourth-order valence-corrected chi connectivity index (χ4v) is 4.97. The Kier molecular flexibility index (Phi) is 12.5. The molecule has 0 aromatic heterocycles. The standard InChI is InChI=1S/C34H45N3O4/c1-5-40-32(41-6-2)25-37(23-22-26(3)4)33(39)30(35)24-31(38)36-34(27-16-10-7-11-17-27,28-18-12-8-13-19-28)29-20-14-9-15-21-29/h7-21,26,30,32H,5-6,22-25,35H2,1-4H3,(H,36,38). The van der Waals surface area contributed by atoms with Crippen molar-refractivity contribution in [3.8, 4) is 0 Å². The maximum Gasteiger partial charge on any atom is 0.240 e. The van der Waals surface area contributed by atoms with Crippen molar-refractivity contribution in [2.24, 2.45) is 11.7 Å². The van der Waals surface area contributed by atoms with Gasteiger partial charge in [-0.3, -0.25) is 9.59 Å². The maximum absolute atomic E-state index is 13.8. The molecule has 0 spiro atoms. The number of nitrogens with one attached hydrogen (secondary N) is 1. The van der Waals surface area contributed by atoms with Crippen LogP contribution in [0.25, 0.3) is 0 Å². The number of rotatable bonds is 16. The highest BCUT2D eigenvalue weighted by Crippen LogP contribution is 2.36. The Morgan fingerprint density at radius 3 is 1.63 bits per heavy atom. The third kappa shape index (κ3) is 8.73. The summed E-state index contributed by atoms with van der Waals surface area (Å²) in [7, 11) is 0. The molecule has 41 heavy (non-hydrogen) atoms. The molecule has 3 N–H and O–H groups in total. The molecule has 0 saturated carbocycles. The average molecular weight is 560 g/mol. The van der Waals surface area contributed by atoms with Crippen LogP contribution in [0.2, 0.25) is 0 Å². The highest BCUT2D eigenvalue weighted by molar-refractivity contribution is 5.89. The molecule has 7 nitrogen and oxygen atoms in total. The summed E-state index contributed by atoms with van der Waals surface area (Å²) in [5.74, 6) is -0.224. The van der Waals surface area contributed by atoms with Gasteiger partial charge in [-0.05, 0) is 42.9 Å². The molecule has 220 valence electrons. The quantitative estimate of drug-likeness (QED) is 0.188. The third-order valence-electron chi connectivity index (χ3n) is 7.03. The molecule has 0 bridgehead atoms.